The van der Waals surface area contributed by atoms with Gasteiger partial charge in [-0.2, -0.15) is 4.39 Å². The molecule has 6 heteroatoms. The van der Waals surface area contributed by atoms with Crippen molar-refractivity contribution >= 4 is 23.2 Å². The maximum Gasteiger partial charge on any atom is 0.255 e. The lowest BCUT2D eigenvalue weighted by Gasteiger charge is -2.07. The van der Waals surface area contributed by atoms with Crippen LogP contribution in [0.2, 0.25) is 0 Å². The van der Waals surface area contributed by atoms with E-state index in [-0.39, 0.29) is 11.5 Å². The molecule has 0 saturated carbocycles. The van der Waals surface area contributed by atoms with Gasteiger partial charge < -0.3 is 10.6 Å². The van der Waals surface area contributed by atoms with Crippen molar-refractivity contribution < 1.29 is 14.0 Å². The number of amides is 2. The van der Waals surface area contributed by atoms with Gasteiger partial charge in [0, 0.05) is 35.6 Å². The van der Waals surface area contributed by atoms with Gasteiger partial charge in [-0.15, -0.1) is 0 Å². The Kier molecular flexibility index (Phi) is 4.61. The van der Waals surface area contributed by atoms with Crippen LogP contribution in [0.4, 0.5) is 15.8 Å². The number of pyridine rings is 1. The topological polar surface area (TPSA) is 71.1 Å². The summed E-state index contributed by atoms with van der Waals surface area (Å²) in [5.41, 5.74) is 1.38. The van der Waals surface area contributed by atoms with Crippen LogP contribution in [-0.4, -0.2) is 16.8 Å². The van der Waals surface area contributed by atoms with Crippen molar-refractivity contribution in [2.75, 3.05) is 10.6 Å². The summed E-state index contributed by atoms with van der Waals surface area (Å²) in [5.74, 6) is -1.22. The third kappa shape index (κ3) is 4.10. The van der Waals surface area contributed by atoms with Gasteiger partial charge in [0.25, 0.3) is 5.91 Å². The number of hydrogen-bond donors (Lipinski definition) is 2. The third-order valence-electron chi connectivity index (χ3n) is 2.74. The quantitative estimate of drug-likeness (QED) is 0.849. The lowest BCUT2D eigenvalue weighted by molar-refractivity contribution is -0.115. The molecule has 0 atom stereocenters. The second-order valence-corrected chi connectivity index (χ2v) is 4.30. The molecule has 5 nitrogen and oxygen atoms in total. The van der Waals surface area contributed by atoms with Gasteiger partial charge in [0.15, 0.2) is 0 Å². The highest BCUT2D eigenvalue weighted by molar-refractivity contribution is 6.04. The van der Waals surface area contributed by atoms with Gasteiger partial charge in [-0.3, -0.25) is 9.59 Å². The largest absolute Gasteiger partial charge is 0.326 e. The fourth-order valence-corrected chi connectivity index (χ4v) is 1.63. The van der Waals surface area contributed by atoms with Gasteiger partial charge in [-0.25, -0.2) is 4.98 Å². The van der Waals surface area contributed by atoms with E-state index in [1.54, 1.807) is 31.2 Å². The normalized spacial score (nSPS) is 10.0. The molecule has 0 saturated heterocycles. The average molecular weight is 287 g/mol. The van der Waals surface area contributed by atoms with Crippen molar-refractivity contribution in [2.24, 2.45) is 0 Å². The first-order valence-electron chi connectivity index (χ1n) is 6.41. The molecule has 108 valence electrons. The van der Waals surface area contributed by atoms with E-state index in [0.29, 0.717) is 17.8 Å². The monoisotopic (exact) mass is 287 g/mol. The van der Waals surface area contributed by atoms with Gasteiger partial charge in [-0.1, -0.05) is 6.92 Å². The Hall–Kier alpha value is -2.76. The highest BCUT2D eigenvalue weighted by Gasteiger charge is 2.07. The van der Waals surface area contributed by atoms with Crippen LogP contribution in [0, 0.1) is 5.95 Å². The second-order valence-electron chi connectivity index (χ2n) is 4.30. The summed E-state index contributed by atoms with van der Waals surface area (Å²) in [6, 6.07) is 9.15. The van der Waals surface area contributed by atoms with Gasteiger partial charge in [0.1, 0.15) is 0 Å². The number of anilines is 2. The zero-order valence-electron chi connectivity index (χ0n) is 11.4. The zero-order valence-corrected chi connectivity index (χ0v) is 11.4. The van der Waals surface area contributed by atoms with Crippen LogP contribution in [0.15, 0.2) is 42.6 Å². The molecule has 21 heavy (non-hydrogen) atoms. The molecule has 0 bridgehead atoms. The molecule has 1 heterocycles. The van der Waals surface area contributed by atoms with Crippen molar-refractivity contribution in [1.29, 1.82) is 0 Å². The maximum absolute atomic E-state index is 12.9. The van der Waals surface area contributed by atoms with Crippen LogP contribution >= 0.6 is 0 Å². The minimum absolute atomic E-state index is 0.0842. The second kappa shape index (κ2) is 6.60. The van der Waals surface area contributed by atoms with Gasteiger partial charge in [0.05, 0.1) is 0 Å². The highest BCUT2D eigenvalue weighted by atomic mass is 19.1. The van der Waals surface area contributed by atoms with Crippen molar-refractivity contribution in [1.82, 2.24) is 4.98 Å². The predicted molar refractivity (Wildman–Crippen MR) is 77.5 cm³/mol. The molecule has 0 aliphatic carbocycles. The van der Waals surface area contributed by atoms with E-state index in [1.165, 1.54) is 12.3 Å². The number of rotatable bonds is 4. The molecule has 1 aromatic carbocycles. The summed E-state index contributed by atoms with van der Waals surface area (Å²) in [6.45, 7) is 1.76. The van der Waals surface area contributed by atoms with Crippen LogP contribution in [0.3, 0.4) is 0 Å². The van der Waals surface area contributed by atoms with Crippen molar-refractivity contribution in [3.05, 3.63) is 54.1 Å². The Morgan fingerprint density at radius 3 is 2.29 bits per heavy atom. The van der Waals surface area contributed by atoms with Crippen molar-refractivity contribution in [2.45, 2.75) is 13.3 Å². The molecule has 2 rings (SSSR count). The minimum Gasteiger partial charge on any atom is -0.326 e. The Morgan fingerprint density at radius 1 is 1.10 bits per heavy atom. The van der Waals surface area contributed by atoms with Gasteiger partial charge >= 0.3 is 0 Å². The average Bonchev–Trinajstić information content (AvgIpc) is 2.49. The lowest BCUT2D eigenvalue weighted by atomic mass is 10.2. The van der Waals surface area contributed by atoms with Gasteiger partial charge in [-0.05, 0) is 30.3 Å². The Balaban J connectivity index is 2.03. The van der Waals surface area contributed by atoms with Gasteiger partial charge in [0.2, 0.25) is 11.9 Å². The third-order valence-corrected chi connectivity index (χ3v) is 2.74. The summed E-state index contributed by atoms with van der Waals surface area (Å²) >= 11 is 0. The molecular formula is C15H14FN3O2. The molecule has 0 aliphatic rings. The minimum atomic E-state index is -0.708. The SMILES string of the molecule is CCC(=O)Nc1ccc(NC(=O)c2ccnc(F)c2)cc1. The van der Waals surface area contributed by atoms with E-state index in [2.05, 4.69) is 15.6 Å². The fraction of sp³-hybridized carbons (Fsp3) is 0.133. The van der Waals surface area contributed by atoms with E-state index in [0.717, 1.165) is 6.07 Å². The smallest absolute Gasteiger partial charge is 0.255 e. The molecule has 0 fully saturated rings. The number of benzene rings is 1. The van der Waals surface area contributed by atoms with Crippen LogP contribution < -0.4 is 10.6 Å². The summed E-state index contributed by atoms with van der Waals surface area (Å²) < 4.78 is 12.9. The van der Waals surface area contributed by atoms with Crippen molar-refractivity contribution in [3.8, 4) is 0 Å². The fourth-order valence-electron chi connectivity index (χ4n) is 1.63. The molecule has 0 aliphatic heterocycles. The molecule has 0 radical (unpaired) electrons. The Morgan fingerprint density at radius 2 is 1.71 bits per heavy atom. The molecule has 2 N–H and O–H groups in total. The molecule has 0 spiro atoms. The maximum atomic E-state index is 12.9. The Labute approximate surface area is 121 Å². The molecule has 0 unspecified atom stereocenters. The molecule has 2 aromatic rings. The van der Waals surface area contributed by atoms with E-state index in [1.807, 2.05) is 0 Å². The van der Waals surface area contributed by atoms with E-state index >= 15 is 0 Å². The summed E-state index contributed by atoms with van der Waals surface area (Å²) in [6.07, 6.45) is 1.62. The summed E-state index contributed by atoms with van der Waals surface area (Å²) in [7, 11) is 0. The molecule has 1 aromatic heterocycles. The first-order chi connectivity index (χ1) is 10.1. The van der Waals surface area contributed by atoms with E-state index in [9.17, 15) is 14.0 Å². The lowest BCUT2D eigenvalue weighted by Crippen LogP contribution is -2.13. The standard InChI is InChI=1S/C15H14FN3O2/c1-2-14(20)18-11-3-5-12(6-4-11)19-15(21)10-7-8-17-13(16)9-10/h3-9H,2H2,1H3,(H,18,20)(H,19,21). The number of carbonyl (C=O) groups excluding carboxylic acids is 2. The van der Waals surface area contributed by atoms with Crippen LogP contribution in [0.5, 0.6) is 0 Å². The van der Waals surface area contributed by atoms with Crippen molar-refractivity contribution in [3.63, 3.8) is 0 Å². The van der Waals surface area contributed by atoms with E-state index < -0.39 is 11.9 Å². The Bertz CT molecular complexity index is 656. The van der Waals surface area contributed by atoms with Crippen LogP contribution in [0.1, 0.15) is 23.7 Å². The first-order valence-corrected chi connectivity index (χ1v) is 6.41. The zero-order chi connectivity index (χ0) is 15.2. The van der Waals surface area contributed by atoms with Crippen LogP contribution in [0.25, 0.3) is 0 Å². The highest BCUT2D eigenvalue weighted by Crippen LogP contribution is 2.15. The molecule has 2 amide bonds. The number of nitrogens with one attached hydrogen (secondary N) is 2. The number of hydrogen-bond acceptors (Lipinski definition) is 3. The summed E-state index contributed by atoms with van der Waals surface area (Å²) in [4.78, 5) is 26.5. The number of aromatic nitrogens is 1. The van der Waals surface area contributed by atoms with E-state index in [4.69, 9.17) is 0 Å². The predicted octanol–water partition coefficient (Wildman–Crippen LogP) is 2.82. The number of halogens is 1. The molecular weight excluding hydrogens is 273 g/mol. The summed E-state index contributed by atoms with van der Waals surface area (Å²) in [5, 5.41) is 5.34. The van der Waals surface area contributed by atoms with Crippen LogP contribution in [-0.2, 0) is 4.79 Å². The first kappa shape index (κ1) is 14.6. The number of nitrogens with zero attached hydrogens (tertiary/aromatic N) is 1. The number of carbonyl (C=O) groups is 2.